The Morgan fingerprint density at radius 3 is 2.08 bits per heavy atom. The highest BCUT2D eigenvalue weighted by molar-refractivity contribution is 5.16. The molecule has 0 unspecified atom stereocenters. The Kier molecular flexibility index (Phi) is 10.6. The highest BCUT2D eigenvalue weighted by Gasteiger charge is 2.69. The maximum absolute atomic E-state index is 11.8. The molecule has 4 aliphatic heterocycles. The van der Waals surface area contributed by atoms with Crippen LogP contribution in [-0.4, -0.2) is 146 Å². The number of fused-ring (bicyclic) bond motifs is 7. The molecule has 53 heavy (non-hydrogen) atoms. The summed E-state index contributed by atoms with van der Waals surface area (Å²) in [6, 6.07) is 0. The van der Waals surface area contributed by atoms with Gasteiger partial charge in [0.25, 0.3) is 0 Å². The molecule has 0 radical (unpaired) electrons. The van der Waals surface area contributed by atoms with E-state index < -0.39 is 92.6 Å². The summed E-state index contributed by atoms with van der Waals surface area (Å²) in [7, 11) is 0. The normalized spacial score (nSPS) is 59.5. The lowest BCUT2D eigenvalue weighted by Gasteiger charge is -2.62. The zero-order chi connectivity index (χ0) is 37.8. The van der Waals surface area contributed by atoms with Crippen molar-refractivity contribution in [2.45, 2.75) is 171 Å². The van der Waals surface area contributed by atoms with Crippen LogP contribution in [0.1, 0.15) is 85.5 Å². The predicted molar refractivity (Wildman–Crippen MR) is 184 cm³/mol. The van der Waals surface area contributed by atoms with E-state index in [1.807, 2.05) is 0 Å². The van der Waals surface area contributed by atoms with Gasteiger partial charge in [-0.2, -0.15) is 0 Å². The van der Waals surface area contributed by atoms with E-state index in [9.17, 15) is 40.9 Å². The van der Waals surface area contributed by atoms with Crippen molar-refractivity contribution in [1.29, 1.82) is 0 Å². The van der Waals surface area contributed by atoms with Crippen LogP contribution < -0.4 is 0 Å². The van der Waals surface area contributed by atoms with Crippen molar-refractivity contribution in [1.82, 2.24) is 0 Å². The molecule has 14 heteroatoms. The number of rotatable bonds is 6. The zero-order valence-electron chi connectivity index (χ0n) is 31.6. The second-order valence-corrected chi connectivity index (χ2v) is 18.9. The van der Waals surface area contributed by atoms with E-state index in [4.69, 9.17) is 28.4 Å². The Hall–Kier alpha value is -0.560. The molecule has 14 nitrogen and oxygen atoms in total. The van der Waals surface area contributed by atoms with Crippen LogP contribution in [0.15, 0.2) is 0 Å². The summed E-state index contributed by atoms with van der Waals surface area (Å²) >= 11 is 0. The lowest BCUT2D eigenvalue weighted by Crippen LogP contribution is -2.65. The fraction of sp³-hybridized carbons (Fsp3) is 1.00. The van der Waals surface area contributed by atoms with Crippen LogP contribution in [0.25, 0.3) is 0 Å². The van der Waals surface area contributed by atoms with Gasteiger partial charge in [-0.25, -0.2) is 0 Å². The van der Waals surface area contributed by atoms with Crippen molar-refractivity contribution < 1.29 is 69.3 Å². The van der Waals surface area contributed by atoms with Crippen molar-refractivity contribution >= 4 is 0 Å². The van der Waals surface area contributed by atoms with Gasteiger partial charge < -0.3 is 69.3 Å². The average molecular weight is 757 g/mol. The lowest BCUT2D eigenvalue weighted by molar-refractivity contribution is -0.376. The van der Waals surface area contributed by atoms with Crippen molar-refractivity contribution in [3.05, 3.63) is 0 Å². The van der Waals surface area contributed by atoms with Gasteiger partial charge in [-0.15, -0.1) is 0 Å². The van der Waals surface area contributed by atoms with Crippen LogP contribution >= 0.6 is 0 Å². The summed E-state index contributed by atoms with van der Waals surface area (Å²) in [5.74, 6) is 2.78. The van der Waals surface area contributed by atoms with E-state index in [1.54, 1.807) is 0 Å². The number of hydrogen-bond acceptors (Lipinski definition) is 14. The van der Waals surface area contributed by atoms with E-state index >= 15 is 0 Å². The van der Waals surface area contributed by atoms with Crippen molar-refractivity contribution in [3.63, 3.8) is 0 Å². The first kappa shape index (κ1) is 39.3. The monoisotopic (exact) mass is 756 g/mol. The molecule has 304 valence electrons. The van der Waals surface area contributed by atoms with Gasteiger partial charge in [0.1, 0.15) is 48.8 Å². The minimum Gasteiger partial charge on any atom is -0.394 e. The molecule has 1 spiro atoms. The molecule has 8 N–H and O–H groups in total. The van der Waals surface area contributed by atoms with Crippen LogP contribution in [0.5, 0.6) is 0 Å². The summed E-state index contributed by atoms with van der Waals surface area (Å²) < 4.78 is 37.2. The maximum Gasteiger partial charge on any atom is 0.187 e. The Balaban J connectivity index is 0.962. The van der Waals surface area contributed by atoms with Crippen molar-refractivity contribution in [3.8, 4) is 0 Å². The average Bonchev–Trinajstić information content (AvgIpc) is 3.58. The van der Waals surface area contributed by atoms with E-state index in [-0.39, 0.29) is 22.9 Å². The minimum atomic E-state index is -1.76. The minimum absolute atomic E-state index is 0.111. The van der Waals surface area contributed by atoms with Crippen molar-refractivity contribution in [2.75, 3.05) is 19.8 Å². The second-order valence-electron chi connectivity index (χ2n) is 18.9. The lowest BCUT2D eigenvalue weighted by atomic mass is 9.44. The summed E-state index contributed by atoms with van der Waals surface area (Å²) in [5.41, 5.74) is 0.0762. The van der Waals surface area contributed by atoms with Crippen LogP contribution in [-0.2, 0) is 28.4 Å². The van der Waals surface area contributed by atoms with Gasteiger partial charge in [0.15, 0.2) is 18.4 Å². The zero-order valence-corrected chi connectivity index (χ0v) is 31.6. The third kappa shape index (κ3) is 6.20. The summed E-state index contributed by atoms with van der Waals surface area (Å²) in [5, 5.41) is 84.5. The Bertz CT molecular complexity index is 1300. The molecule has 0 aromatic rings. The quantitative estimate of drug-likeness (QED) is 0.173. The van der Waals surface area contributed by atoms with Crippen LogP contribution in [0.2, 0.25) is 0 Å². The van der Waals surface area contributed by atoms with Crippen LogP contribution in [0, 0.1) is 52.3 Å². The number of aliphatic hydroxyl groups excluding tert-OH is 8. The third-order valence-electron chi connectivity index (χ3n) is 16.2. The molecule has 8 rings (SSSR count). The fourth-order valence-electron chi connectivity index (χ4n) is 13.2. The number of hydrogen-bond donors (Lipinski definition) is 8. The first-order chi connectivity index (χ1) is 25.2. The molecule has 8 aliphatic rings. The van der Waals surface area contributed by atoms with Gasteiger partial charge in [-0.3, -0.25) is 0 Å². The van der Waals surface area contributed by atoms with Gasteiger partial charge in [-0.1, -0.05) is 27.7 Å². The molecule has 4 aliphatic carbocycles. The molecule has 23 atom stereocenters. The van der Waals surface area contributed by atoms with Gasteiger partial charge in [-0.05, 0) is 97.7 Å². The molecule has 4 saturated carbocycles. The van der Waals surface area contributed by atoms with Gasteiger partial charge >= 0.3 is 0 Å². The predicted octanol–water partition coefficient (Wildman–Crippen LogP) is 0.413. The van der Waals surface area contributed by atoms with Gasteiger partial charge in [0.05, 0.1) is 38.1 Å². The Labute approximate surface area is 312 Å². The van der Waals surface area contributed by atoms with E-state index in [0.29, 0.717) is 48.3 Å². The standard InChI is InChI=1S/C39H64O14/c1-17-7-10-39(48-16-17)18(2)28-25(53-39)12-22-20-6-5-19-11-24(23(42)13-38(19,4)21(20)8-9-37(22,28)3)49-36-34(32(46)30(44)27(15-41)51-36)52-35-33(47)31(45)29(43)26(14-40)50-35/h17-36,40-47H,5-16H2,1-4H3/t17-,18+,19+,20-,21+,22+,23+,24-,25+,26+,27+,28+,29+,30-,31-,32-,33+,34+,35-,36+,37+,38+,39-/m1/s1. The number of aliphatic hydroxyl groups is 8. The highest BCUT2D eigenvalue weighted by atomic mass is 16.8. The van der Waals surface area contributed by atoms with Crippen LogP contribution in [0.3, 0.4) is 0 Å². The van der Waals surface area contributed by atoms with Crippen molar-refractivity contribution in [2.24, 2.45) is 52.3 Å². The molecule has 0 aromatic heterocycles. The van der Waals surface area contributed by atoms with E-state index in [2.05, 4.69) is 27.7 Å². The number of ether oxygens (including phenoxy) is 6. The second kappa shape index (κ2) is 14.4. The Morgan fingerprint density at radius 1 is 0.698 bits per heavy atom. The summed E-state index contributed by atoms with van der Waals surface area (Å²) in [4.78, 5) is 0. The maximum atomic E-state index is 11.8. The largest absolute Gasteiger partial charge is 0.394 e. The molecular formula is C39H64O14. The first-order valence-corrected chi connectivity index (χ1v) is 20.4. The molecular weight excluding hydrogens is 692 g/mol. The molecule has 8 fully saturated rings. The third-order valence-corrected chi connectivity index (χ3v) is 16.2. The highest BCUT2D eigenvalue weighted by Crippen LogP contribution is 2.71. The topological polar surface area (TPSA) is 217 Å². The molecule has 0 bridgehead atoms. The first-order valence-electron chi connectivity index (χ1n) is 20.4. The smallest absolute Gasteiger partial charge is 0.187 e. The van der Waals surface area contributed by atoms with Gasteiger partial charge in [0, 0.05) is 12.3 Å². The van der Waals surface area contributed by atoms with E-state index in [1.165, 1.54) is 0 Å². The molecule has 0 amide bonds. The van der Waals surface area contributed by atoms with Gasteiger partial charge in [0.2, 0.25) is 0 Å². The molecule has 0 aromatic carbocycles. The fourth-order valence-corrected chi connectivity index (χ4v) is 13.2. The van der Waals surface area contributed by atoms with E-state index in [0.717, 1.165) is 51.6 Å². The Morgan fingerprint density at radius 2 is 1.40 bits per heavy atom. The molecule has 4 heterocycles. The summed E-state index contributed by atoms with van der Waals surface area (Å²) in [6.45, 7) is 8.96. The summed E-state index contributed by atoms with van der Waals surface area (Å²) in [6.07, 6.45) is -8.11. The SMILES string of the molecule is C[C@@H]1CC[C@@]2(OC1)O[C@H]1C[C@H]3[C@@H]4CC[C@H]5C[C@@H](O[C@H]6O[C@@H](CO)[C@@H](O)[C@@H](O)[C@@H]6O[C@H]6O[C@@H](CO)[C@H](O)[C@@H](O)[C@@H]6O)[C@@H](O)C[C@]5(C)[C@H]4CC[C@]3(C)[C@H]1[C@@H]2C. The molecule has 4 saturated heterocycles. The van der Waals surface area contributed by atoms with Crippen LogP contribution in [0.4, 0.5) is 0 Å².